The highest BCUT2D eigenvalue weighted by atomic mass is 32.2. The molecule has 2 aromatic rings. The maximum Gasteiger partial charge on any atom is 0.299 e. The molecule has 0 bridgehead atoms. The number of ether oxygens (including phenoxy) is 1. The van der Waals surface area contributed by atoms with Crippen LogP contribution in [0.5, 0.6) is 5.75 Å². The molecule has 0 saturated heterocycles. The van der Waals surface area contributed by atoms with Gasteiger partial charge in [-0.05, 0) is 17.9 Å². The van der Waals surface area contributed by atoms with Gasteiger partial charge in [-0.15, -0.1) is 0 Å². The smallest absolute Gasteiger partial charge is 0.299 e. The quantitative estimate of drug-likeness (QED) is 0.600. The lowest BCUT2D eigenvalue weighted by atomic mass is 10.1. The summed E-state index contributed by atoms with van der Waals surface area (Å²) in [7, 11) is -9.86. The minimum absolute atomic E-state index is 0.0227. The highest BCUT2D eigenvalue weighted by molar-refractivity contribution is 7.89. The summed E-state index contributed by atoms with van der Waals surface area (Å²) in [5.41, 5.74) is 0. The van der Waals surface area contributed by atoms with Gasteiger partial charge in [-0.25, -0.2) is 0 Å². The first-order chi connectivity index (χ1) is 10.7. The fraction of sp³-hybridized carbons (Fsp3) is 0.286. The zero-order chi connectivity index (χ0) is 17.3. The van der Waals surface area contributed by atoms with E-state index in [-0.39, 0.29) is 17.7 Å². The molecule has 0 aliphatic carbocycles. The van der Waals surface area contributed by atoms with E-state index < -0.39 is 30.0 Å². The average molecular weight is 360 g/mol. The molecule has 0 spiro atoms. The zero-order valence-electron chi connectivity index (χ0n) is 12.3. The highest BCUT2D eigenvalue weighted by Crippen LogP contribution is 2.37. The van der Waals surface area contributed by atoms with Gasteiger partial charge in [0.15, 0.2) is 4.90 Å². The fourth-order valence-electron chi connectivity index (χ4n) is 2.20. The van der Waals surface area contributed by atoms with E-state index >= 15 is 0 Å². The second-order valence-corrected chi connectivity index (χ2v) is 7.62. The molecule has 0 fully saturated rings. The Morgan fingerprint density at radius 1 is 1.00 bits per heavy atom. The monoisotopic (exact) mass is 360 g/mol. The summed E-state index contributed by atoms with van der Waals surface area (Å²) in [6.07, 6.45) is 1.39. The molecule has 0 atom stereocenters. The van der Waals surface area contributed by atoms with Gasteiger partial charge in [-0.1, -0.05) is 37.6 Å². The van der Waals surface area contributed by atoms with Gasteiger partial charge in [0.05, 0.1) is 6.61 Å². The lowest BCUT2D eigenvalue weighted by molar-refractivity contribution is 0.298. The van der Waals surface area contributed by atoms with Crippen molar-refractivity contribution >= 4 is 31.0 Å². The molecular weight excluding hydrogens is 344 g/mol. The van der Waals surface area contributed by atoms with Gasteiger partial charge in [0.25, 0.3) is 20.2 Å². The Bertz CT molecular complexity index is 931. The SMILES string of the molecule is CCCCOc1cc2ccccc2c(S(=O)(=O)O)c1S(=O)(=O)O. The van der Waals surface area contributed by atoms with E-state index in [9.17, 15) is 25.9 Å². The number of fused-ring (bicyclic) bond motifs is 1. The Morgan fingerprint density at radius 2 is 1.61 bits per heavy atom. The molecule has 0 saturated carbocycles. The van der Waals surface area contributed by atoms with Gasteiger partial charge in [0.2, 0.25) is 0 Å². The van der Waals surface area contributed by atoms with Gasteiger partial charge in [-0.2, -0.15) is 16.8 Å². The molecule has 0 radical (unpaired) electrons. The Morgan fingerprint density at radius 3 is 2.17 bits per heavy atom. The number of hydrogen-bond donors (Lipinski definition) is 2. The van der Waals surface area contributed by atoms with Crippen LogP contribution in [0.3, 0.4) is 0 Å². The normalized spacial score (nSPS) is 12.5. The summed E-state index contributed by atoms with van der Waals surface area (Å²) in [5.74, 6) is -0.313. The largest absolute Gasteiger partial charge is 0.492 e. The summed E-state index contributed by atoms with van der Waals surface area (Å²) in [4.78, 5) is -1.83. The first kappa shape index (κ1) is 17.7. The van der Waals surface area contributed by atoms with Crippen molar-refractivity contribution in [3.05, 3.63) is 30.3 Å². The first-order valence-corrected chi connectivity index (χ1v) is 9.67. The predicted molar refractivity (Wildman–Crippen MR) is 84.0 cm³/mol. The lowest BCUT2D eigenvalue weighted by Crippen LogP contribution is -2.12. The molecule has 0 amide bonds. The predicted octanol–water partition coefficient (Wildman–Crippen LogP) is 2.51. The Kier molecular flexibility index (Phi) is 4.95. The van der Waals surface area contributed by atoms with E-state index in [1.807, 2.05) is 6.92 Å². The van der Waals surface area contributed by atoms with Crippen molar-refractivity contribution in [1.82, 2.24) is 0 Å². The van der Waals surface area contributed by atoms with Gasteiger partial charge >= 0.3 is 0 Å². The van der Waals surface area contributed by atoms with Crippen molar-refractivity contribution in [2.75, 3.05) is 6.61 Å². The van der Waals surface area contributed by atoms with Crippen LogP contribution in [0.1, 0.15) is 19.8 Å². The second-order valence-electron chi connectivity index (χ2n) is 4.91. The molecule has 126 valence electrons. The Balaban J connectivity index is 2.89. The topological polar surface area (TPSA) is 118 Å². The molecule has 0 aromatic heterocycles. The van der Waals surface area contributed by atoms with Crippen LogP contribution in [0.4, 0.5) is 0 Å². The molecule has 0 unspecified atom stereocenters. The summed E-state index contributed by atoms with van der Waals surface area (Å²) >= 11 is 0. The molecule has 0 heterocycles. The third-order valence-electron chi connectivity index (χ3n) is 3.19. The van der Waals surface area contributed by atoms with Gasteiger partial charge in [0.1, 0.15) is 10.6 Å². The Hall–Kier alpha value is -1.68. The van der Waals surface area contributed by atoms with Crippen molar-refractivity contribution in [1.29, 1.82) is 0 Å². The summed E-state index contributed by atoms with van der Waals surface area (Å²) < 4.78 is 71.1. The molecule has 2 rings (SSSR count). The van der Waals surface area contributed by atoms with Crippen molar-refractivity contribution in [3.63, 3.8) is 0 Å². The Labute approximate surface area is 134 Å². The molecule has 23 heavy (non-hydrogen) atoms. The lowest BCUT2D eigenvalue weighted by Gasteiger charge is -2.15. The first-order valence-electron chi connectivity index (χ1n) is 6.79. The van der Waals surface area contributed by atoms with E-state index in [1.54, 1.807) is 12.1 Å². The third-order valence-corrected chi connectivity index (χ3v) is 5.18. The number of unbranched alkanes of at least 4 members (excludes halogenated alkanes) is 1. The zero-order valence-corrected chi connectivity index (χ0v) is 13.9. The second kappa shape index (κ2) is 6.44. The molecule has 2 aromatic carbocycles. The van der Waals surface area contributed by atoms with Crippen LogP contribution in [-0.4, -0.2) is 32.5 Å². The fourth-order valence-corrected chi connectivity index (χ4v) is 4.35. The summed E-state index contributed by atoms with van der Waals surface area (Å²) in [5, 5.41) is 0.337. The molecule has 2 N–H and O–H groups in total. The molecule has 9 heteroatoms. The van der Waals surface area contributed by atoms with Crippen LogP contribution in [0.15, 0.2) is 40.1 Å². The van der Waals surface area contributed by atoms with Gasteiger partial charge in [-0.3, -0.25) is 9.11 Å². The maximum atomic E-state index is 11.7. The van der Waals surface area contributed by atoms with Crippen LogP contribution in [0, 0.1) is 0 Å². The van der Waals surface area contributed by atoms with Crippen molar-refractivity contribution in [2.24, 2.45) is 0 Å². The van der Waals surface area contributed by atoms with Crippen LogP contribution in [-0.2, 0) is 20.2 Å². The minimum Gasteiger partial charge on any atom is -0.492 e. The van der Waals surface area contributed by atoms with E-state index in [0.29, 0.717) is 11.8 Å². The molecule has 7 nitrogen and oxygen atoms in total. The van der Waals surface area contributed by atoms with E-state index in [1.165, 1.54) is 18.2 Å². The van der Waals surface area contributed by atoms with Crippen LogP contribution >= 0.6 is 0 Å². The van der Waals surface area contributed by atoms with Crippen LogP contribution in [0.25, 0.3) is 10.8 Å². The van der Waals surface area contributed by atoms with Crippen LogP contribution < -0.4 is 4.74 Å². The van der Waals surface area contributed by atoms with Crippen LogP contribution in [0.2, 0.25) is 0 Å². The standard InChI is InChI=1S/C14H16O7S2/c1-2-3-8-21-12-9-10-6-4-5-7-11(10)13(22(15,16)17)14(12)23(18,19)20/h4-7,9H,2-3,8H2,1H3,(H,15,16,17)(H,18,19,20). The summed E-state index contributed by atoms with van der Waals surface area (Å²) in [6, 6.07) is 7.32. The average Bonchev–Trinajstić information content (AvgIpc) is 2.44. The third kappa shape index (κ3) is 3.81. The highest BCUT2D eigenvalue weighted by Gasteiger charge is 2.31. The number of hydrogen-bond acceptors (Lipinski definition) is 5. The van der Waals surface area contributed by atoms with Gasteiger partial charge < -0.3 is 4.74 Å². The number of rotatable bonds is 6. The van der Waals surface area contributed by atoms with E-state index in [2.05, 4.69) is 0 Å². The minimum atomic E-state index is -4.94. The molecule has 0 aliphatic rings. The maximum absolute atomic E-state index is 11.7. The summed E-state index contributed by atoms with van der Waals surface area (Å²) in [6.45, 7) is 2.04. The van der Waals surface area contributed by atoms with Gasteiger partial charge in [0, 0.05) is 5.39 Å². The van der Waals surface area contributed by atoms with Crippen molar-refractivity contribution < 1.29 is 30.7 Å². The van der Waals surface area contributed by atoms with Crippen molar-refractivity contribution in [3.8, 4) is 5.75 Å². The van der Waals surface area contributed by atoms with E-state index in [4.69, 9.17) is 4.74 Å². The number of benzene rings is 2. The van der Waals surface area contributed by atoms with E-state index in [0.717, 1.165) is 6.42 Å². The van der Waals surface area contributed by atoms with Crippen molar-refractivity contribution in [2.45, 2.75) is 29.6 Å². The molecule has 0 aliphatic heterocycles. The molecular formula is C14H16O7S2.